The van der Waals surface area contributed by atoms with Crippen LogP contribution in [0.1, 0.15) is 22.0 Å². The molecule has 0 bridgehead atoms. The minimum Gasteiger partial charge on any atom is -0.507 e. The third kappa shape index (κ3) is 3.14. The Bertz CT molecular complexity index is 1350. The van der Waals surface area contributed by atoms with Gasteiger partial charge in [-0.25, -0.2) is 0 Å². The Morgan fingerprint density at radius 2 is 1.61 bits per heavy atom. The van der Waals surface area contributed by atoms with Crippen LogP contribution in [0.3, 0.4) is 0 Å². The average Bonchev–Trinajstić information content (AvgIpc) is 3.34. The summed E-state index contributed by atoms with van der Waals surface area (Å²) in [6, 6.07) is 23.8. The van der Waals surface area contributed by atoms with Crippen molar-refractivity contribution < 1.29 is 14.7 Å². The molecule has 1 aromatic heterocycles. The highest BCUT2D eigenvalue weighted by Gasteiger charge is 2.47. The van der Waals surface area contributed by atoms with Gasteiger partial charge in [0, 0.05) is 16.1 Å². The van der Waals surface area contributed by atoms with Crippen molar-refractivity contribution in [2.24, 2.45) is 0 Å². The van der Waals surface area contributed by atoms with Gasteiger partial charge in [0.2, 0.25) is 0 Å². The number of hydrogen-bond donors (Lipinski definition) is 1. The molecule has 4 nitrogen and oxygen atoms in total. The van der Waals surface area contributed by atoms with Crippen molar-refractivity contribution >= 4 is 45.2 Å². The molecule has 0 saturated carbocycles. The normalized spacial score (nSPS) is 18.1. The fourth-order valence-electron chi connectivity index (χ4n) is 4.09. The molecule has 1 amide bonds. The first-order valence-corrected chi connectivity index (χ1v) is 10.8. The Balaban J connectivity index is 1.74. The Morgan fingerprint density at radius 1 is 0.903 bits per heavy atom. The second-order valence-corrected chi connectivity index (χ2v) is 8.48. The first-order valence-electron chi connectivity index (χ1n) is 9.95. The largest absolute Gasteiger partial charge is 0.507 e. The van der Waals surface area contributed by atoms with E-state index in [1.807, 2.05) is 73.0 Å². The van der Waals surface area contributed by atoms with Gasteiger partial charge in [0.15, 0.2) is 0 Å². The van der Waals surface area contributed by atoms with Crippen LogP contribution in [-0.2, 0) is 9.59 Å². The molecule has 31 heavy (non-hydrogen) atoms. The molecule has 152 valence electrons. The Kier molecular flexibility index (Phi) is 4.68. The van der Waals surface area contributed by atoms with Gasteiger partial charge in [-0.1, -0.05) is 54.6 Å². The molecule has 1 N–H and O–H groups in total. The zero-order valence-electron chi connectivity index (χ0n) is 16.8. The van der Waals surface area contributed by atoms with Gasteiger partial charge in [0.25, 0.3) is 11.7 Å². The standard InChI is InChI=1S/C26H19NO3S/c1-16-13-14-31-25(16)22-21(24(29)26(30)27(22)20-9-3-2-4-10-20)23(28)19-12-11-17-7-5-6-8-18(17)15-19/h2-15,22,28H,1H3/b23-21-. The molecule has 3 aromatic carbocycles. The monoisotopic (exact) mass is 425 g/mol. The Morgan fingerprint density at radius 3 is 2.32 bits per heavy atom. The molecular weight excluding hydrogens is 406 g/mol. The van der Waals surface area contributed by atoms with E-state index in [4.69, 9.17) is 0 Å². The maximum atomic E-state index is 13.2. The summed E-state index contributed by atoms with van der Waals surface area (Å²) in [5, 5.41) is 15.2. The van der Waals surface area contributed by atoms with E-state index >= 15 is 0 Å². The van der Waals surface area contributed by atoms with E-state index in [1.165, 1.54) is 16.2 Å². The molecule has 0 spiro atoms. The molecule has 1 saturated heterocycles. The number of aryl methyl sites for hydroxylation is 1. The van der Waals surface area contributed by atoms with E-state index in [9.17, 15) is 14.7 Å². The predicted octanol–water partition coefficient (Wildman–Crippen LogP) is 5.84. The summed E-state index contributed by atoms with van der Waals surface area (Å²) in [7, 11) is 0. The summed E-state index contributed by atoms with van der Waals surface area (Å²) in [6.07, 6.45) is 0. The molecule has 1 fully saturated rings. The fraction of sp³-hybridized carbons (Fsp3) is 0.0769. The van der Waals surface area contributed by atoms with Crippen molar-refractivity contribution in [1.82, 2.24) is 0 Å². The number of carbonyl (C=O) groups is 2. The molecule has 1 atom stereocenters. The molecule has 1 aliphatic rings. The summed E-state index contributed by atoms with van der Waals surface area (Å²) < 4.78 is 0. The van der Waals surface area contributed by atoms with Crippen LogP contribution in [0.2, 0.25) is 0 Å². The van der Waals surface area contributed by atoms with Gasteiger partial charge in [0.1, 0.15) is 11.8 Å². The highest BCUT2D eigenvalue weighted by atomic mass is 32.1. The van der Waals surface area contributed by atoms with Gasteiger partial charge in [-0.2, -0.15) is 0 Å². The molecule has 5 rings (SSSR count). The summed E-state index contributed by atoms with van der Waals surface area (Å²) in [5.74, 6) is -1.46. The van der Waals surface area contributed by atoms with E-state index in [2.05, 4.69) is 0 Å². The number of benzene rings is 3. The van der Waals surface area contributed by atoms with Crippen molar-refractivity contribution in [2.75, 3.05) is 4.90 Å². The number of thiophene rings is 1. The highest BCUT2D eigenvalue weighted by Crippen LogP contribution is 2.44. The van der Waals surface area contributed by atoms with Crippen molar-refractivity contribution in [3.63, 3.8) is 0 Å². The molecule has 2 heterocycles. The summed E-state index contributed by atoms with van der Waals surface area (Å²) in [5.41, 5.74) is 2.24. The second-order valence-electron chi connectivity index (χ2n) is 7.53. The lowest BCUT2D eigenvalue weighted by Gasteiger charge is -2.25. The molecular formula is C26H19NO3S. The Hall–Kier alpha value is -3.70. The van der Waals surface area contributed by atoms with Gasteiger partial charge in [-0.05, 0) is 52.9 Å². The van der Waals surface area contributed by atoms with Crippen LogP contribution < -0.4 is 4.90 Å². The second kappa shape index (κ2) is 7.52. The van der Waals surface area contributed by atoms with Gasteiger partial charge >= 0.3 is 0 Å². The maximum absolute atomic E-state index is 13.2. The number of aliphatic hydroxyl groups is 1. The minimum absolute atomic E-state index is 0.120. The van der Waals surface area contributed by atoms with Crippen LogP contribution in [-0.4, -0.2) is 16.8 Å². The number of nitrogens with zero attached hydrogens (tertiary/aromatic N) is 1. The molecule has 4 aromatic rings. The first-order chi connectivity index (χ1) is 15.1. The fourth-order valence-corrected chi connectivity index (χ4v) is 5.12. The lowest BCUT2D eigenvalue weighted by molar-refractivity contribution is -0.132. The van der Waals surface area contributed by atoms with E-state index < -0.39 is 17.7 Å². The van der Waals surface area contributed by atoms with E-state index in [1.54, 1.807) is 18.2 Å². The van der Waals surface area contributed by atoms with Crippen molar-refractivity contribution in [2.45, 2.75) is 13.0 Å². The van der Waals surface area contributed by atoms with Crippen LogP contribution in [0.4, 0.5) is 5.69 Å². The quantitative estimate of drug-likeness (QED) is 0.255. The molecule has 5 heteroatoms. The lowest BCUT2D eigenvalue weighted by atomic mass is 9.97. The zero-order chi connectivity index (χ0) is 21.5. The number of ketones is 1. The topological polar surface area (TPSA) is 57.6 Å². The van der Waals surface area contributed by atoms with E-state index in [0.717, 1.165) is 21.2 Å². The summed E-state index contributed by atoms with van der Waals surface area (Å²) in [4.78, 5) is 28.7. The van der Waals surface area contributed by atoms with Gasteiger partial charge in [-0.15, -0.1) is 11.3 Å². The van der Waals surface area contributed by atoms with Crippen LogP contribution in [0.5, 0.6) is 0 Å². The zero-order valence-corrected chi connectivity index (χ0v) is 17.6. The highest BCUT2D eigenvalue weighted by molar-refractivity contribution is 7.10. The molecule has 1 unspecified atom stereocenters. The number of fused-ring (bicyclic) bond motifs is 1. The van der Waals surface area contributed by atoms with Crippen molar-refractivity contribution in [3.05, 3.63) is 106 Å². The van der Waals surface area contributed by atoms with Crippen LogP contribution in [0, 0.1) is 6.92 Å². The molecule has 1 aliphatic heterocycles. The number of aliphatic hydroxyl groups excluding tert-OH is 1. The van der Waals surface area contributed by atoms with Gasteiger partial charge in [-0.3, -0.25) is 14.5 Å². The number of para-hydroxylation sites is 1. The lowest BCUT2D eigenvalue weighted by Crippen LogP contribution is -2.29. The average molecular weight is 426 g/mol. The van der Waals surface area contributed by atoms with Crippen molar-refractivity contribution in [3.8, 4) is 0 Å². The smallest absolute Gasteiger partial charge is 0.300 e. The third-order valence-corrected chi connectivity index (χ3v) is 6.72. The number of hydrogen-bond acceptors (Lipinski definition) is 4. The SMILES string of the molecule is Cc1ccsc1C1/C(=C(/O)c2ccc3ccccc3c2)C(=O)C(=O)N1c1ccccc1. The van der Waals surface area contributed by atoms with Crippen LogP contribution in [0.25, 0.3) is 16.5 Å². The number of carbonyl (C=O) groups excluding carboxylic acids is 2. The minimum atomic E-state index is -0.674. The number of rotatable bonds is 3. The van der Waals surface area contributed by atoms with Crippen LogP contribution >= 0.6 is 11.3 Å². The molecule has 0 aliphatic carbocycles. The Labute approximate surface area is 183 Å². The van der Waals surface area contributed by atoms with Gasteiger partial charge < -0.3 is 5.11 Å². The molecule has 0 radical (unpaired) electrons. The summed E-state index contributed by atoms with van der Waals surface area (Å²) in [6.45, 7) is 1.95. The number of Topliss-reactive ketones (excluding diaryl/α,β-unsaturated/α-hetero) is 1. The van der Waals surface area contributed by atoms with Crippen molar-refractivity contribution in [1.29, 1.82) is 0 Å². The van der Waals surface area contributed by atoms with Crippen LogP contribution in [0.15, 0.2) is 89.8 Å². The van der Waals surface area contributed by atoms with E-state index in [0.29, 0.717) is 11.3 Å². The summed E-state index contributed by atoms with van der Waals surface area (Å²) >= 11 is 1.48. The van der Waals surface area contributed by atoms with Gasteiger partial charge in [0.05, 0.1) is 5.57 Å². The number of anilines is 1. The first kappa shape index (κ1) is 19.3. The van der Waals surface area contributed by atoms with E-state index in [-0.39, 0.29) is 11.3 Å². The number of amides is 1. The third-order valence-electron chi connectivity index (χ3n) is 5.65. The maximum Gasteiger partial charge on any atom is 0.300 e. The predicted molar refractivity (Wildman–Crippen MR) is 124 cm³/mol.